The summed E-state index contributed by atoms with van der Waals surface area (Å²) in [6.45, 7) is 0.216. The van der Waals surface area contributed by atoms with Crippen molar-refractivity contribution in [2.24, 2.45) is 0 Å². The van der Waals surface area contributed by atoms with Crippen LogP contribution in [-0.4, -0.2) is 95.0 Å². The van der Waals surface area contributed by atoms with E-state index in [1.807, 2.05) is 0 Å². The number of allylic oxidation sites excluding steroid dienone is 12. The van der Waals surface area contributed by atoms with Crippen LogP contribution in [0.2, 0.25) is 0 Å². The molecule has 0 aliphatic heterocycles. The van der Waals surface area contributed by atoms with Gasteiger partial charge in [-0.1, -0.05) is 132 Å². The molecule has 0 heterocycles. The smallest absolute Gasteiger partial charge is 0.463 e. The summed E-state index contributed by atoms with van der Waals surface area (Å²) in [5, 5.41) is 30.0. The maximum atomic E-state index is 12.1. The first-order valence-electron chi connectivity index (χ1n) is 23.3. The van der Waals surface area contributed by atoms with Gasteiger partial charge in [0.15, 0.2) is 0 Å². The first-order valence-corrected chi connectivity index (χ1v) is 26.3. The molecule has 370 valence electrons. The summed E-state index contributed by atoms with van der Waals surface area (Å²) in [6.07, 6.45) is 41.8. The number of esters is 2. The van der Waals surface area contributed by atoms with Gasteiger partial charge in [-0.25, -0.2) is 9.13 Å². The topological polar surface area (TPSA) is 225 Å². The molecule has 0 rings (SSSR count). The molecule has 0 saturated carbocycles. The number of carbonyl (C=O) groups excluding carboxylic acids is 2. The molecule has 0 amide bonds. The van der Waals surface area contributed by atoms with E-state index in [-0.39, 0.29) is 12.8 Å². The van der Waals surface area contributed by atoms with Gasteiger partial charge in [0.1, 0.15) is 31.5 Å². The Morgan fingerprint density at radius 3 is 1.09 bits per heavy atom. The number of ether oxygens (including phenoxy) is 2. The Morgan fingerprint density at radius 1 is 0.422 bits per heavy atom. The quantitative estimate of drug-likeness (QED) is 0.0166. The third kappa shape index (κ3) is 44.7. The monoisotopic (exact) mass is 949 g/mol. The van der Waals surface area contributed by atoms with E-state index >= 15 is 0 Å². The Balaban J connectivity index is 3.96. The average Bonchev–Trinajstić information content (AvgIpc) is 3.27. The fraction of sp³-hybridized carbons (Fsp3) is 0.702. The number of phosphoric acid groups is 2. The van der Waals surface area contributed by atoms with Crippen LogP contribution in [0.1, 0.15) is 155 Å². The van der Waals surface area contributed by atoms with Crippen LogP contribution in [0, 0.1) is 0 Å². The molecule has 0 aromatic heterocycles. The summed E-state index contributed by atoms with van der Waals surface area (Å²) in [5.74, 6) is -1.05. The molecule has 17 heteroatoms. The SMILES string of the molecule is CC/C=C\C/C=C\C/C=C\C/C=C\C/C=C\CCCCCC(=O)OCC(O)COP(=O)(O)OCC(O)COP(=O)(O)OCC(O)COC(=O)CCCCC/C=C\CCCCCCCC. The van der Waals surface area contributed by atoms with E-state index in [2.05, 4.69) is 105 Å². The van der Waals surface area contributed by atoms with Gasteiger partial charge in [-0.3, -0.25) is 27.7 Å². The molecule has 0 radical (unpaired) electrons. The van der Waals surface area contributed by atoms with Crippen molar-refractivity contribution in [2.75, 3.05) is 39.6 Å². The Labute approximate surface area is 383 Å². The predicted molar refractivity (Wildman–Crippen MR) is 251 cm³/mol. The van der Waals surface area contributed by atoms with Crippen molar-refractivity contribution >= 4 is 27.6 Å². The second kappa shape index (κ2) is 43.1. The number of unbranched alkanes of at least 4 members (excludes halogenated alkanes) is 12. The van der Waals surface area contributed by atoms with Crippen LogP contribution in [0.4, 0.5) is 0 Å². The fourth-order valence-electron chi connectivity index (χ4n) is 5.53. The normalized spacial score (nSPS) is 15.8. The van der Waals surface area contributed by atoms with Gasteiger partial charge in [0.25, 0.3) is 0 Å². The average molecular weight is 949 g/mol. The molecule has 64 heavy (non-hydrogen) atoms. The zero-order valence-corrected chi connectivity index (χ0v) is 40.5. The highest BCUT2D eigenvalue weighted by atomic mass is 31.2. The molecular formula is C47H82O15P2. The van der Waals surface area contributed by atoms with E-state index in [0.717, 1.165) is 77.0 Å². The van der Waals surface area contributed by atoms with Crippen LogP contribution in [0.3, 0.4) is 0 Å². The molecular weight excluding hydrogens is 866 g/mol. The van der Waals surface area contributed by atoms with Crippen molar-refractivity contribution in [1.29, 1.82) is 0 Å². The van der Waals surface area contributed by atoms with Crippen LogP contribution in [-0.2, 0) is 46.3 Å². The highest BCUT2D eigenvalue weighted by Crippen LogP contribution is 2.45. The number of aliphatic hydroxyl groups excluding tert-OH is 3. The number of carbonyl (C=O) groups is 2. The lowest BCUT2D eigenvalue weighted by Gasteiger charge is -2.19. The molecule has 0 aromatic carbocycles. The number of rotatable bonds is 44. The van der Waals surface area contributed by atoms with Crippen LogP contribution in [0.15, 0.2) is 72.9 Å². The van der Waals surface area contributed by atoms with Gasteiger partial charge < -0.3 is 34.6 Å². The molecule has 5 unspecified atom stereocenters. The molecule has 5 N–H and O–H groups in total. The molecule has 0 spiro atoms. The lowest BCUT2D eigenvalue weighted by atomic mass is 10.1. The van der Waals surface area contributed by atoms with Gasteiger partial charge in [-0.05, 0) is 83.5 Å². The Morgan fingerprint density at radius 2 is 0.719 bits per heavy atom. The summed E-state index contributed by atoms with van der Waals surface area (Å²) >= 11 is 0. The van der Waals surface area contributed by atoms with Crippen molar-refractivity contribution in [3.05, 3.63) is 72.9 Å². The van der Waals surface area contributed by atoms with E-state index in [4.69, 9.17) is 9.47 Å². The van der Waals surface area contributed by atoms with Crippen LogP contribution in [0.5, 0.6) is 0 Å². The molecule has 0 bridgehead atoms. The highest BCUT2D eigenvalue weighted by molar-refractivity contribution is 7.47. The van der Waals surface area contributed by atoms with Crippen molar-refractivity contribution in [1.82, 2.24) is 0 Å². The van der Waals surface area contributed by atoms with Gasteiger partial charge in [-0.15, -0.1) is 0 Å². The number of hydrogen-bond acceptors (Lipinski definition) is 13. The number of aliphatic hydroxyl groups is 3. The van der Waals surface area contributed by atoms with E-state index < -0.39 is 85.5 Å². The summed E-state index contributed by atoms with van der Waals surface area (Å²) in [5.41, 5.74) is 0. The van der Waals surface area contributed by atoms with E-state index in [0.29, 0.717) is 12.8 Å². The standard InChI is InChI=1S/C47H82O15P2/c1-3-5-7-9-11-13-15-17-18-19-20-21-22-24-26-28-30-32-34-36-47(52)58-38-44(49)40-60-64(55,56)62-42-45(50)41-61-63(53,54)59-39-43(48)37-57-46(51)35-33-31-29-27-25-23-16-14-12-10-8-6-4-2/h5,7,11,13,17-18,20-21,23-26,43-45,48-50H,3-4,6,8-10,12,14-16,19,22,27-42H2,1-2H3,(H,53,54)(H,55,56)/b7-5-,13-11-,18-17-,21-20-,25-23-,26-24-. The Kier molecular flexibility index (Phi) is 41.4. The van der Waals surface area contributed by atoms with Crippen LogP contribution < -0.4 is 0 Å². The number of phosphoric ester groups is 2. The van der Waals surface area contributed by atoms with E-state index in [1.54, 1.807) is 0 Å². The van der Waals surface area contributed by atoms with Gasteiger partial charge in [-0.2, -0.15) is 0 Å². The van der Waals surface area contributed by atoms with Crippen molar-refractivity contribution < 1.29 is 71.4 Å². The maximum Gasteiger partial charge on any atom is 0.472 e. The predicted octanol–water partition coefficient (Wildman–Crippen LogP) is 10.4. The summed E-state index contributed by atoms with van der Waals surface area (Å²) in [7, 11) is -9.59. The molecule has 5 atom stereocenters. The minimum atomic E-state index is -4.80. The highest BCUT2D eigenvalue weighted by Gasteiger charge is 2.28. The number of hydrogen-bond donors (Lipinski definition) is 5. The first-order chi connectivity index (χ1) is 30.8. The van der Waals surface area contributed by atoms with Crippen molar-refractivity contribution in [3.63, 3.8) is 0 Å². The lowest BCUT2D eigenvalue weighted by molar-refractivity contribution is -0.148. The third-order valence-electron chi connectivity index (χ3n) is 9.15. The maximum absolute atomic E-state index is 12.1. The van der Waals surface area contributed by atoms with Gasteiger partial charge in [0, 0.05) is 12.8 Å². The zero-order valence-electron chi connectivity index (χ0n) is 38.7. The summed E-state index contributed by atoms with van der Waals surface area (Å²) in [4.78, 5) is 43.7. The largest absolute Gasteiger partial charge is 0.472 e. The zero-order chi connectivity index (χ0) is 47.4. The van der Waals surface area contributed by atoms with Crippen LogP contribution >= 0.6 is 15.6 Å². The van der Waals surface area contributed by atoms with Crippen molar-refractivity contribution in [2.45, 2.75) is 173 Å². The fourth-order valence-corrected chi connectivity index (χ4v) is 7.12. The molecule has 0 saturated heterocycles. The van der Waals surface area contributed by atoms with E-state index in [9.17, 15) is 43.8 Å². The minimum Gasteiger partial charge on any atom is -0.463 e. The molecule has 0 aromatic rings. The molecule has 0 fully saturated rings. The lowest BCUT2D eigenvalue weighted by Crippen LogP contribution is -2.25. The summed E-state index contributed by atoms with van der Waals surface area (Å²) < 4.78 is 52.9. The first kappa shape index (κ1) is 61.5. The molecule has 0 aliphatic rings. The molecule has 15 nitrogen and oxygen atoms in total. The van der Waals surface area contributed by atoms with Crippen molar-refractivity contribution in [3.8, 4) is 0 Å². The van der Waals surface area contributed by atoms with E-state index in [1.165, 1.54) is 38.5 Å². The van der Waals surface area contributed by atoms with Crippen LogP contribution in [0.25, 0.3) is 0 Å². The van der Waals surface area contributed by atoms with Gasteiger partial charge >= 0.3 is 27.6 Å². The summed E-state index contributed by atoms with van der Waals surface area (Å²) in [6, 6.07) is 0. The Hall–Kier alpha value is -2.52. The second-order valence-corrected chi connectivity index (χ2v) is 18.3. The Bertz CT molecular complexity index is 1430. The van der Waals surface area contributed by atoms with Gasteiger partial charge in [0.2, 0.25) is 0 Å². The second-order valence-electron chi connectivity index (χ2n) is 15.4. The third-order valence-corrected chi connectivity index (χ3v) is 11.0. The van der Waals surface area contributed by atoms with Gasteiger partial charge in [0.05, 0.1) is 26.4 Å². The molecule has 0 aliphatic carbocycles. The minimum absolute atomic E-state index is 0.154.